The lowest BCUT2D eigenvalue weighted by molar-refractivity contribution is -0.119. The second-order valence-corrected chi connectivity index (χ2v) is 4.39. The Balaban J connectivity index is 1.94. The highest BCUT2D eigenvalue weighted by atomic mass is 35.5. The summed E-state index contributed by atoms with van der Waals surface area (Å²) in [6.45, 7) is 0. The maximum atomic E-state index is 11.8. The van der Waals surface area contributed by atoms with Crippen LogP contribution in [-0.4, -0.2) is 22.1 Å². The zero-order chi connectivity index (χ0) is 11.5. The van der Waals surface area contributed by atoms with Gasteiger partial charge in [0, 0.05) is 12.0 Å². The van der Waals surface area contributed by atoms with Gasteiger partial charge in [0.05, 0.1) is 0 Å². The van der Waals surface area contributed by atoms with E-state index in [1.54, 1.807) is 12.1 Å². The molecule has 0 aromatic carbocycles. The first-order chi connectivity index (χ1) is 7.65. The Bertz CT molecular complexity index is 381. The fourth-order valence-corrected chi connectivity index (χ4v) is 1.97. The van der Waals surface area contributed by atoms with Crippen molar-refractivity contribution in [1.29, 1.82) is 0 Å². The number of nitrogens with one attached hydrogen (secondary N) is 1. The van der Waals surface area contributed by atoms with E-state index in [1.165, 1.54) is 0 Å². The van der Waals surface area contributed by atoms with Crippen LogP contribution in [-0.2, 0) is 4.79 Å². The quantitative estimate of drug-likeness (QED) is 0.814. The van der Waals surface area contributed by atoms with Crippen molar-refractivity contribution in [2.75, 3.05) is 5.32 Å². The van der Waals surface area contributed by atoms with Gasteiger partial charge in [-0.05, 0) is 31.4 Å². The first-order valence-corrected chi connectivity index (χ1v) is 5.58. The van der Waals surface area contributed by atoms with Gasteiger partial charge in [0.25, 0.3) is 0 Å². The first-order valence-electron chi connectivity index (χ1n) is 5.21. The van der Waals surface area contributed by atoms with Crippen LogP contribution < -0.4 is 11.1 Å². The molecule has 1 aliphatic rings. The Labute approximate surface area is 98.4 Å². The van der Waals surface area contributed by atoms with Gasteiger partial charge >= 0.3 is 0 Å². The highest BCUT2D eigenvalue weighted by Gasteiger charge is 2.27. The minimum atomic E-state index is -0.0374. The molecule has 0 spiro atoms. The van der Waals surface area contributed by atoms with Gasteiger partial charge in [0.15, 0.2) is 11.0 Å². The largest absolute Gasteiger partial charge is 0.328 e. The Kier molecular flexibility index (Phi) is 3.36. The number of hydrogen-bond acceptors (Lipinski definition) is 4. The number of hydrogen-bond donors (Lipinski definition) is 2. The molecule has 6 heteroatoms. The molecule has 0 bridgehead atoms. The molecule has 0 saturated heterocycles. The van der Waals surface area contributed by atoms with Gasteiger partial charge in [0.2, 0.25) is 5.91 Å². The molecule has 2 unspecified atom stereocenters. The maximum Gasteiger partial charge on any atom is 0.228 e. The van der Waals surface area contributed by atoms with Gasteiger partial charge in [-0.1, -0.05) is 11.6 Å². The molecule has 1 amide bonds. The summed E-state index contributed by atoms with van der Waals surface area (Å²) in [6.07, 6.45) is 2.49. The monoisotopic (exact) mass is 240 g/mol. The van der Waals surface area contributed by atoms with Crippen molar-refractivity contribution in [3.8, 4) is 0 Å². The molecule has 1 aromatic rings. The second-order valence-electron chi connectivity index (χ2n) is 4.00. The van der Waals surface area contributed by atoms with E-state index in [-0.39, 0.29) is 17.9 Å². The van der Waals surface area contributed by atoms with Crippen molar-refractivity contribution >= 4 is 23.3 Å². The van der Waals surface area contributed by atoms with Crippen molar-refractivity contribution in [3.63, 3.8) is 0 Å². The lowest BCUT2D eigenvalue weighted by Crippen LogP contribution is -2.23. The van der Waals surface area contributed by atoms with E-state index in [2.05, 4.69) is 15.5 Å². The molecule has 1 fully saturated rings. The molecule has 0 radical (unpaired) electrons. The highest BCUT2D eigenvalue weighted by Crippen LogP contribution is 2.25. The lowest BCUT2D eigenvalue weighted by Gasteiger charge is -2.09. The first kappa shape index (κ1) is 11.3. The van der Waals surface area contributed by atoms with Gasteiger partial charge in [-0.15, -0.1) is 10.2 Å². The smallest absolute Gasteiger partial charge is 0.228 e. The number of anilines is 1. The molecule has 86 valence electrons. The summed E-state index contributed by atoms with van der Waals surface area (Å²) in [5.74, 6) is 0.381. The topological polar surface area (TPSA) is 80.9 Å². The van der Waals surface area contributed by atoms with Gasteiger partial charge in [0.1, 0.15) is 0 Å². The number of carbonyl (C=O) groups excluding carboxylic acids is 1. The molecule has 1 heterocycles. The molecular weight excluding hydrogens is 228 g/mol. The van der Waals surface area contributed by atoms with Crippen molar-refractivity contribution in [2.45, 2.75) is 25.3 Å². The Hall–Kier alpha value is -1.20. The predicted molar refractivity (Wildman–Crippen MR) is 61.0 cm³/mol. The van der Waals surface area contributed by atoms with Crippen LogP contribution in [0.15, 0.2) is 12.1 Å². The average Bonchev–Trinajstić information content (AvgIpc) is 2.68. The third-order valence-corrected chi connectivity index (χ3v) is 2.93. The standard InChI is InChI=1S/C10H13ClN4O/c11-8-3-4-9(15-14-8)13-10(16)6-1-2-7(12)5-6/h3-4,6-7H,1-2,5,12H2,(H,13,15,16). The van der Waals surface area contributed by atoms with Crippen molar-refractivity contribution in [3.05, 3.63) is 17.3 Å². The third-order valence-electron chi connectivity index (χ3n) is 2.73. The molecule has 3 N–H and O–H groups in total. The average molecular weight is 241 g/mol. The molecule has 1 saturated carbocycles. The lowest BCUT2D eigenvalue weighted by atomic mass is 10.1. The summed E-state index contributed by atoms with van der Waals surface area (Å²) in [5, 5.41) is 10.4. The van der Waals surface area contributed by atoms with Crippen LogP contribution in [0.25, 0.3) is 0 Å². The molecule has 1 aliphatic carbocycles. The van der Waals surface area contributed by atoms with Crippen molar-refractivity contribution in [2.24, 2.45) is 11.7 Å². The third kappa shape index (κ3) is 2.68. The molecule has 0 aliphatic heterocycles. The summed E-state index contributed by atoms with van der Waals surface area (Å²) in [7, 11) is 0. The van der Waals surface area contributed by atoms with Gasteiger partial charge in [-0.3, -0.25) is 4.79 Å². The Morgan fingerprint density at radius 1 is 1.44 bits per heavy atom. The Morgan fingerprint density at radius 3 is 2.81 bits per heavy atom. The molecule has 2 rings (SSSR count). The summed E-state index contributed by atoms with van der Waals surface area (Å²) in [4.78, 5) is 11.8. The highest BCUT2D eigenvalue weighted by molar-refractivity contribution is 6.29. The van der Waals surface area contributed by atoms with E-state index < -0.39 is 0 Å². The number of amides is 1. The van der Waals surface area contributed by atoms with E-state index in [1.807, 2.05) is 0 Å². The molecule has 16 heavy (non-hydrogen) atoms. The number of rotatable bonds is 2. The number of halogens is 1. The van der Waals surface area contributed by atoms with Gasteiger partial charge in [-0.25, -0.2) is 0 Å². The fraction of sp³-hybridized carbons (Fsp3) is 0.500. The van der Waals surface area contributed by atoms with Crippen LogP contribution in [0.5, 0.6) is 0 Å². The van der Waals surface area contributed by atoms with E-state index in [4.69, 9.17) is 17.3 Å². The zero-order valence-corrected chi connectivity index (χ0v) is 9.44. The molecule has 5 nitrogen and oxygen atoms in total. The van der Waals surface area contributed by atoms with Crippen LogP contribution in [0.1, 0.15) is 19.3 Å². The molecule has 1 aromatic heterocycles. The number of aromatic nitrogens is 2. The normalized spacial score (nSPS) is 24.4. The Morgan fingerprint density at radius 2 is 2.25 bits per heavy atom. The van der Waals surface area contributed by atoms with Crippen LogP contribution in [0.4, 0.5) is 5.82 Å². The van der Waals surface area contributed by atoms with Crippen molar-refractivity contribution in [1.82, 2.24) is 10.2 Å². The van der Waals surface area contributed by atoms with Crippen LogP contribution in [0.3, 0.4) is 0 Å². The summed E-state index contributed by atoms with van der Waals surface area (Å²) in [6, 6.07) is 3.36. The number of carbonyl (C=O) groups is 1. The second kappa shape index (κ2) is 4.76. The predicted octanol–water partition coefficient (Wildman–Crippen LogP) is 1.20. The van der Waals surface area contributed by atoms with E-state index >= 15 is 0 Å². The fourth-order valence-electron chi connectivity index (χ4n) is 1.87. The summed E-state index contributed by atoms with van der Waals surface area (Å²) < 4.78 is 0. The van der Waals surface area contributed by atoms with Gasteiger partial charge < -0.3 is 11.1 Å². The molecule has 2 atom stereocenters. The maximum absolute atomic E-state index is 11.8. The van der Waals surface area contributed by atoms with Crippen LogP contribution in [0.2, 0.25) is 5.15 Å². The summed E-state index contributed by atoms with van der Waals surface area (Å²) in [5.41, 5.74) is 5.75. The number of nitrogens with two attached hydrogens (primary N) is 1. The SMILES string of the molecule is NC1CCC(C(=O)Nc2ccc(Cl)nn2)C1. The minimum absolute atomic E-state index is 0.00696. The molecular formula is C10H13ClN4O. The van der Waals surface area contributed by atoms with Crippen molar-refractivity contribution < 1.29 is 4.79 Å². The minimum Gasteiger partial charge on any atom is -0.328 e. The van der Waals surface area contributed by atoms with E-state index in [0.717, 1.165) is 19.3 Å². The summed E-state index contributed by atoms with van der Waals surface area (Å²) >= 11 is 5.59. The van der Waals surface area contributed by atoms with Gasteiger partial charge in [-0.2, -0.15) is 0 Å². The van der Waals surface area contributed by atoms with Crippen LogP contribution >= 0.6 is 11.6 Å². The number of nitrogens with zero attached hydrogens (tertiary/aromatic N) is 2. The van der Waals surface area contributed by atoms with E-state index in [9.17, 15) is 4.79 Å². The van der Waals surface area contributed by atoms with E-state index in [0.29, 0.717) is 11.0 Å². The van der Waals surface area contributed by atoms with Crippen LogP contribution in [0, 0.1) is 5.92 Å². The zero-order valence-electron chi connectivity index (χ0n) is 8.69.